The SMILES string of the molecule is O=C(NCCCN1CCCC1=O)OCC(F)(F)F. The number of carbonyl (C=O) groups excluding carboxylic acids is 2. The van der Waals surface area contributed by atoms with E-state index in [2.05, 4.69) is 10.1 Å². The molecule has 0 aliphatic carbocycles. The van der Waals surface area contributed by atoms with Crippen molar-refractivity contribution in [3.05, 3.63) is 0 Å². The van der Waals surface area contributed by atoms with Gasteiger partial charge in [-0.05, 0) is 12.8 Å². The molecule has 5 nitrogen and oxygen atoms in total. The van der Waals surface area contributed by atoms with Crippen molar-refractivity contribution in [2.75, 3.05) is 26.2 Å². The molecule has 18 heavy (non-hydrogen) atoms. The Kier molecular flexibility index (Phi) is 5.24. The van der Waals surface area contributed by atoms with E-state index in [0.717, 1.165) is 6.42 Å². The zero-order valence-corrected chi connectivity index (χ0v) is 9.76. The van der Waals surface area contributed by atoms with Gasteiger partial charge in [0.1, 0.15) is 0 Å². The maximum Gasteiger partial charge on any atom is 0.422 e. The quantitative estimate of drug-likeness (QED) is 0.764. The number of hydrogen-bond acceptors (Lipinski definition) is 3. The molecule has 1 rings (SSSR count). The van der Waals surface area contributed by atoms with Crippen molar-refractivity contribution in [1.29, 1.82) is 0 Å². The van der Waals surface area contributed by atoms with Crippen molar-refractivity contribution in [2.24, 2.45) is 0 Å². The lowest BCUT2D eigenvalue weighted by atomic mass is 10.4. The van der Waals surface area contributed by atoms with Gasteiger partial charge < -0.3 is 15.0 Å². The topological polar surface area (TPSA) is 58.6 Å². The number of alkyl carbamates (subject to hydrolysis) is 1. The summed E-state index contributed by atoms with van der Waals surface area (Å²) in [5.41, 5.74) is 0. The molecule has 1 aliphatic heterocycles. The third-order valence-corrected chi connectivity index (χ3v) is 2.41. The van der Waals surface area contributed by atoms with E-state index >= 15 is 0 Å². The summed E-state index contributed by atoms with van der Waals surface area (Å²) in [5.74, 6) is 0.0784. The van der Waals surface area contributed by atoms with E-state index in [4.69, 9.17) is 0 Å². The van der Waals surface area contributed by atoms with Gasteiger partial charge in [0.15, 0.2) is 6.61 Å². The highest BCUT2D eigenvalue weighted by atomic mass is 19.4. The van der Waals surface area contributed by atoms with Crippen LogP contribution in [-0.4, -0.2) is 49.3 Å². The first-order valence-electron chi connectivity index (χ1n) is 5.63. The smallest absolute Gasteiger partial charge is 0.422 e. The summed E-state index contributed by atoms with van der Waals surface area (Å²) in [4.78, 5) is 23.7. The Balaban J connectivity index is 2.03. The van der Waals surface area contributed by atoms with Gasteiger partial charge in [-0.15, -0.1) is 0 Å². The van der Waals surface area contributed by atoms with Crippen molar-refractivity contribution in [3.8, 4) is 0 Å². The monoisotopic (exact) mass is 268 g/mol. The molecule has 0 spiro atoms. The fourth-order valence-corrected chi connectivity index (χ4v) is 1.60. The summed E-state index contributed by atoms with van der Waals surface area (Å²) in [6, 6.07) is 0. The van der Waals surface area contributed by atoms with Crippen LogP contribution in [0.5, 0.6) is 0 Å². The lowest BCUT2D eigenvalue weighted by Gasteiger charge is -2.15. The van der Waals surface area contributed by atoms with Crippen LogP contribution in [0, 0.1) is 0 Å². The van der Waals surface area contributed by atoms with E-state index in [0.29, 0.717) is 25.9 Å². The molecule has 1 fully saturated rings. The van der Waals surface area contributed by atoms with Gasteiger partial charge in [0.25, 0.3) is 0 Å². The van der Waals surface area contributed by atoms with Crippen LogP contribution in [0.15, 0.2) is 0 Å². The van der Waals surface area contributed by atoms with Crippen LogP contribution in [0.1, 0.15) is 19.3 Å². The Bertz CT molecular complexity index is 307. The molecule has 1 N–H and O–H groups in total. The molecule has 0 saturated carbocycles. The molecular weight excluding hydrogens is 253 g/mol. The zero-order valence-electron chi connectivity index (χ0n) is 9.76. The second kappa shape index (κ2) is 6.46. The van der Waals surface area contributed by atoms with Gasteiger partial charge in [0.05, 0.1) is 0 Å². The van der Waals surface area contributed by atoms with Gasteiger partial charge >= 0.3 is 12.3 Å². The van der Waals surface area contributed by atoms with Gasteiger partial charge in [-0.1, -0.05) is 0 Å². The van der Waals surface area contributed by atoms with E-state index in [1.807, 2.05) is 0 Å². The molecule has 0 bridgehead atoms. The zero-order chi connectivity index (χ0) is 13.6. The summed E-state index contributed by atoms with van der Waals surface area (Å²) in [5, 5.41) is 2.19. The summed E-state index contributed by atoms with van der Waals surface area (Å²) in [6.07, 6.45) is -3.74. The van der Waals surface area contributed by atoms with Crippen molar-refractivity contribution in [1.82, 2.24) is 10.2 Å². The fraction of sp³-hybridized carbons (Fsp3) is 0.800. The first-order valence-corrected chi connectivity index (χ1v) is 5.63. The normalized spacial score (nSPS) is 15.9. The first kappa shape index (κ1) is 14.6. The largest absolute Gasteiger partial charge is 0.440 e. The number of likely N-dealkylation sites (tertiary alicyclic amines) is 1. The lowest BCUT2D eigenvalue weighted by molar-refractivity contribution is -0.160. The van der Waals surface area contributed by atoms with Crippen molar-refractivity contribution in [3.63, 3.8) is 0 Å². The number of hydrogen-bond donors (Lipinski definition) is 1. The standard InChI is InChI=1S/C10H15F3N2O3/c11-10(12,13)7-18-9(17)14-4-2-6-15-5-1-3-8(15)16/h1-7H2,(H,14,17). The summed E-state index contributed by atoms with van der Waals surface area (Å²) >= 11 is 0. The highest BCUT2D eigenvalue weighted by molar-refractivity contribution is 5.78. The van der Waals surface area contributed by atoms with Crippen LogP contribution in [0.4, 0.5) is 18.0 Å². The molecule has 0 unspecified atom stereocenters. The molecule has 0 aromatic heterocycles. The highest BCUT2D eigenvalue weighted by Crippen LogP contribution is 2.14. The van der Waals surface area contributed by atoms with Crippen LogP contribution >= 0.6 is 0 Å². The van der Waals surface area contributed by atoms with E-state index < -0.39 is 18.9 Å². The molecule has 0 aromatic carbocycles. The third-order valence-electron chi connectivity index (χ3n) is 2.41. The number of carbonyl (C=O) groups is 2. The number of ether oxygens (including phenoxy) is 1. The van der Waals surface area contributed by atoms with Crippen LogP contribution < -0.4 is 5.32 Å². The van der Waals surface area contributed by atoms with Crippen molar-refractivity contribution in [2.45, 2.75) is 25.4 Å². The molecule has 0 radical (unpaired) electrons. The number of alkyl halides is 3. The molecule has 8 heteroatoms. The second-order valence-corrected chi connectivity index (χ2v) is 3.96. The number of halogens is 3. The molecule has 0 aromatic rings. The predicted octanol–water partition coefficient (Wildman–Crippen LogP) is 1.29. The number of rotatable bonds is 5. The minimum Gasteiger partial charge on any atom is -0.440 e. The Morgan fingerprint density at radius 2 is 2.17 bits per heavy atom. The van der Waals surface area contributed by atoms with Crippen molar-refractivity contribution >= 4 is 12.0 Å². The second-order valence-electron chi connectivity index (χ2n) is 3.96. The fourth-order valence-electron chi connectivity index (χ4n) is 1.60. The molecule has 2 amide bonds. The average molecular weight is 268 g/mol. The van der Waals surface area contributed by atoms with E-state index in [9.17, 15) is 22.8 Å². The molecule has 104 valence electrons. The maximum atomic E-state index is 11.7. The van der Waals surface area contributed by atoms with Crippen LogP contribution in [0.25, 0.3) is 0 Å². The number of amides is 2. The maximum absolute atomic E-state index is 11.7. The van der Waals surface area contributed by atoms with Gasteiger partial charge in [-0.3, -0.25) is 4.79 Å². The number of nitrogens with zero attached hydrogens (tertiary/aromatic N) is 1. The Morgan fingerprint density at radius 1 is 1.44 bits per heavy atom. The van der Waals surface area contributed by atoms with Crippen molar-refractivity contribution < 1.29 is 27.5 Å². The molecule has 1 heterocycles. The first-order chi connectivity index (χ1) is 8.38. The average Bonchev–Trinajstić information content (AvgIpc) is 2.67. The summed E-state index contributed by atoms with van der Waals surface area (Å²) in [7, 11) is 0. The van der Waals surface area contributed by atoms with Gasteiger partial charge in [-0.25, -0.2) is 4.79 Å². The lowest BCUT2D eigenvalue weighted by Crippen LogP contribution is -2.32. The number of nitrogens with one attached hydrogen (secondary N) is 1. The third kappa shape index (κ3) is 5.74. The van der Waals surface area contributed by atoms with Crippen LogP contribution in [-0.2, 0) is 9.53 Å². The van der Waals surface area contributed by atoms with E-state index in [1.54, 1.807) is 4.90 Å². The van der Waals surface area contributed by atoms with E-state index in [1.165, 1.54) is 0 Å². The van der Waals surface area contributed by atoms with Crippen LogP contribution in [0.2, 0.25) is 0 Å². The Hall–Kier alpha value is -1.47. The minimum atomic E-state index is -4.51. The Labute approximate surface area is 102 Å². The van der Waals surface area contributed by atoms with Crippen LogP contribution in [0.3, 0.4) is 0 Å². The molecular formula is C10H15F3N2O3. The Morgan fingerprint density at radius 3 is 2.72 bits per heavy atom. The summed E-state index contributed by atoms with van der Waals surface area (Å²) < 4.78 is 39.1. The van der Waals surface area contributed by atoms with Gasteiger partial charge in [0.2, 0.25) is 5.91 Å². The van der Waals surface area contributed by atoms with Gasteiger partial charge in [0, 0.05) is 26.1 Å². The van der Waals surface area contributed by atoms with E-state index in [-0.39, 0.29) is 12.5 Å². The predicted molar refractivity (Wildman–Crippen MR) is 55.8 cm³/mol. The van der Waals surface area contributed by atoms with Gasteiger partial charge in [-0.2, -0.15) is 13.2 Å². The molecule has 0 atom stereocenters. The molecule has 1 aliphatic rings. The summed E-state index contributed by atoms with van der Waals surface area (Å²) in [6.45, 7) is -0.209. The highest BCUT2D eigenvalue weighted by Gasteiger charge is 2.29. The molecule has 1 saturated heterocycles. The minimum absolute atomic E-state index is 0.0784.